The molecule has 0 aliphatic heterocycles. The summed E-state index contributed by atoms with van der Waals surface area (Å²) in [4.78, 5) is 24.3. The number of unbranched alkanes of at least 4 members (excludes halogenated alkanes) is 31. The molecule has 5 heteroatoms. The molecule has 0 aliphatic carbocycles. The smallest absolute Gasteiger partial charge is 0.306 e. The molecule has 0 fully saturated rings. The summed E-state index contributed by atoms with van der Waals surface area (Å²) in [5, 5.41) is 9.56. The minimum atomic E-state index is -0.761. The maximum Gasteiger partial charge on any atom is 0.306 e. The Morgan fingerprint density at radius 2 is 0.660 bits per heavy atom. The fourth-order valence-electron chi connectivity index (χ4n) is 6.44. The lowest BCUT2D eigenvalue weighted by Gasteiger charge is -2.15. The van der Waals surface area contributed by atoms with E-state index in [1.807, 2.05) is 0 Å². The second-order valence-corrected chi connectivity index (χ2v) is 14.4. The Morgan fingerprint density at radius 3 is 0.936 bits per heavy atom. The third kappa shape index (κ3) is 37.6. The molecule has 0 saturated carbocycles. The Kier molecular flexibility index (Phi) is 38.4. The van der Waals surface area contributed by atoms with Crippen LogP contribution in [-0.2, 0) is 19.1 Å². The lowest BCUT2D eigenvalue weighted by molar-refractivity contribution is -0.161. The highest BCUT2D eigenvalue weighted by Crippen LogP contribution is 2.16. The number of hydrogen-bond acceptors (Lipinski definition) is 5. The lowest BCUT2D eigenvalue weighted by Crippen LogP contribution is -2.28. The van der Waals surface area contributed by atoms with Gasteiger partial charge in [-0.15, -0.1) is 0 Å². The predicted octanol–water partition coefficient (Wildman–Crippen LogP) is 13.1. The van der Waals surface area contributed by atoms with Crippen LogP contribution in [0.25, 0.3) is 0 Å². The Hall–Kier alpha value is -1.10. The van der Waals surface area contributed by atoms with Crippen molar-refractivity contribution in [2.45, 2.75) is 245 Å². The molecule has 0 heterocycles. The molecule has 0 bridgehead atoms. The van der Waals surface area contributed by atoms with Gasteiger partial charge in [-0.25, -0.2) is 0 Å². The standard InChI is InChI=1S/C42H82O5/c1-3-5-7-9-11-13-15-17-19-20-21-23-24-26-28-30-32-34-36-41(44)46-39-40(38-43)47-42(45)37-35-33-31-29-27-25-22-18-16-14-12-10-8-6-4-2/h40,43H,3-39H2,1-2H3/t40-/m0/s1. The first-order chi connectivity index (χ1) is 23.1. The van der Waals surface area contributed by atoms with Gasteiger partial charge in [0, 0.05) is 12.8 Å². The van der Waals surface area contributed by atoms with E-state index in [0.29, 0.717) is 12.8 Å². The zero-order valence-electron chi connectivity index (χ0n) is 31.8. The van der Waals surface area contributed by atoms with E-state index < -0.39 is 6.10 Å². The highest BCUT2D eigenvalue weighted by Gasteiger charge is 2.16. The number of ether oxygens (including phenoxy) is 2. The Bertz CT molecular complexity index is 637. The van der Waals surface area contributed by atoms with Crippen molar-refractivity contribution in [3.63, 3.8) is 0 Å². The van der Waals surface area contributed by atoms with Crippen LogP contribution in [0.5, 0.6) is 0 Å². The van der Waals surface area contributed by atoms with Gasteiger partial charge in [0.05, 0.1) is 6.61 Å². The summed E-state index contributed by atoms with van der Waals surface area (Å²) in [6, 6.07) is 0. The molecule has 0 amide bonds. The summed E-state index contributed by atoms with van der Waals surface area (Å²) in [6.07, 6.45) is 43.1. The zero-order chi connectivity index (χ0) is 34.3. The number of aliphatic hydroxyl groups excluding tert-OH is 1. The molecule has 1 N–H and O–H groups in total. The molecular formula is C42H82O5. The molecule has 0 aromatic heterocycles. The molecule has 0 spiro atoms. The summed E-state index contributed by atoms with van der Waals surface area (Å²) in [7, 11) is 0. The highest BCUT2D eigenvalue weighted by molar-refractivity contribution is 5.70. The first-order valence-corrected chi connectivity index (χ1v) is 21.1. The highest BCUT2D eigenvalue weighted by atomic mass is 16.6. The third-order valence-electron chi connectivity index (χ3n) is 9.65. The van der Waals surface area contributed by atoms with Gasteiger partial charge >= 0.3 is 11.9 Å². The van der Waals surface area contributed by atoms with Gasteiger partial charge in [0.2, 0.25) is 0 Å². The third-order valence-corrected chi connectivity index (χ3v) is 9.65. The van der Waals surface area contributed by atoms with E-state index in [9.17, 15) is 14.7 Å². The van der Waals surface area contributed by atoms with Gasteiger partial charge in [-0.05, 0) is 12.8 Å². The van der Waals surface area contributed by atoms with Crippen molar-refractivity contribution >= 4 is 11.9 Å². The van der Waals surface area contributed by atoms with Gasteiger partial charge in [0.1, 0.15) is 6.61 Å². The monoisotopic (exact) mass is 667 g/mol. The first-order valence-electron chi connectivity index (χ1n) is 21.1. The molecular weight excluding hydrogens is 584 g/mol. The molecule has 1 atom stereocenters. The summed E-state index contributed by atoms with van der Waals surface area (Å²) < 4.78 is 10.6. The van der Waals surface area contributed by atoms with Crippen molar-refractivity contribution < 1.29 is 24.2 Å². The van der Waals surface area contributed by atoms with E-state index in [1.165, 1.54) is 180 Å². The fraction of sp³-hybridized carbons (Fsp3) is 0.952. The number of rotatable bonds is 39. The van der Waals surface area contributed by atoms with Crippen molar-refractivity contribution in [2.75, 3.05) is 13.2 Å². The van der Waals surface area contributed by atoms with Gasteiger partial charge < -0.3 is 14.6 Å². The van der Waals surface area contributed by atoms with Crippen molar-refractivity contribution in [3.8, 4) is 0 Å². The van der Waals surface area contributed by atoms with Crippen LogP contribution in [0.4, 0.5) is 0 Å². The van der Waals surface area contributed by atoms with Crippen LogP contribution in [0.2, 0.25) is 0 Å². The first kappa shape index (κ1) is 45.9. The maximum absolute atomic E-state index is 12.2. The molecule has 0 aliphatic rings. The molecule has 47 heavy (non-hydrogen) atoms. The summed E-state index contributed by atoms with van der Waals surface area (Å²) in [5.74, 6) is -0.573. The fourth-order valence-corrected chi connectivity index (χ4v) is 6.44. The second kappa shape index (κ2) is 39.3. The van der Waals surface area contributed by atoms with Gasteiger partial charge in [-0.2, -0.15) is 0 Å². The van der Waals surface area contributed by atoms with E-state index >= 15 is 0 Å². The normalized spacial score (nSPS) is 12.0. The molecule has 0 radical (unpaired) electrons. The Morgan fingerprint density at radius 1 is 0.404 bits per heavy atom. The summed E-state index contributed by atoms with van der Waals surface area (Å²) >= 11 is 0. The van der Waals surface area contributed by atoms with Crippen LogP contribution in [0.3, 0.4) is 0 Å². The van der Waals surface area contributed by atoms with E-state index in [-0.39, 0.29) is 25.2 Å². The molecule has 280 valence electrons. The molecule has 0 rings (SSSR count). The average molecular weight is 667 g/mol. The van der Waals surface area contributed by atoms with Gasteiger partial charge in [0.25, 0.3) is 0 Å². The zero-order valence-corrected chi connectivity index (χ0v) is 31.8. The van der Waals surface area contributed by atoms with Crippen LogP contribution in [0.1, 0.15) is 239 Å². The molecule has 0 aromatic rings. The van der Waals surface area contributed by atoms with Crippen LogP contribution in [0, 0.1) is 0 Å². The van der Waals surface area contributed by atoms with Crippen molar-refractivity contribution in [1.82, 2.24) is 0 Å². The minimum absolute atomic E-state index is 0.0566. The minimum Gasteiger partial charge on any atom is -0.462 e. The SMILES string of the molecule is CCCCCCCCCCCCCCCCCCCCC(=O)OC[C@H](CO)OC(=O)CCCCCCCCCCCCCCCCC. The molecule has 0 saturated heterocycles. The van der Waals surface area contributed by atoms with Gasteiger partial charge in [-0.1, -0.05) is 213 Å². The van der Waals surface area contributed by atoms with E-state index in [0.717, 1.165) is 32.1 Å². The molecule has 0 aromatic carbocycles. The van der Waals surface area contributed by atoms with E-state index in [2.05, 4.69) is 13.8 Å². The van der Waals surface area contributed by atoms with Crippen LogP contribution >= 0.6 is 0 Å². The van der Waals surface area contributed by atoms with Crippen molar-refractivity contribution in [1.29, 1.82) is 0 Å². The Labute approximate surface area is 293 Å². The van der Waals surface area contributed by atoms with Crippen molar-refractivity contribution in [3.05, 3.63) is 0 Å². The van der Waals surface area contributed by atoms with Gasteiger partial charge in [0.15, 0.2) is 6.10 Å². The maximum atomic E-state index is 12.2. The number of hydrogen-bond donors (Lipinski definition) is 1. The number of carbonyl (C=O) groups is 2. The Balaban J connectivity index is 3.47. The summed E-state index contributed by atoms with van der Waals surface area (Å²) in [6.45, 7) is 4.17. The quantitative estimate of drug-likeness (QED) is 0.0522. The predicted molar refractivity (Wildman–Crippen MR) is 201 cm³/mol. The lowest BCUT2D eigenvalue weighted by atomic mass is 10.0. The van der Waals surface area contributed by atoms with Crippen LogP contribution in [0.15, 0.2) is 0 Å². The largest absolute Gasteiger partial charge is 0.462 e. The number of esters is 2. The van der Waals surface area contributed by atoms with Crippen molar-refractivity contribution in [2.24, 2.45) is 0 Å². The van der Waals surface area contributed by atoms with Crippen LogP contribution in [-0.4, -0.2) is 36.4 Å². The van der Waals surface area contributed by atoms with Gasteiger partial charge in [-0.3, -0.25) is 9.59 Å². The average Bonchev–Trinajstić information content (AvgIpc) is 3.07. The number of aliphatic hydroxyl groups is 1. The molecule has 0 unspecified atom stereocenters. The topological polar surface area (TPSA) is 72.8 Å². The summed E-state index contributed by atoms with van der Waals surface area (Å²) in [5.41, 5.74) is 0. The van der Waals surface area contributed by atoms with E-state index in [4.69, 9.17) is 9.47 Å². The van der Waals surface area contributed by atoms with Crippen LogP contribution < -0.4 is 0 Å². The molecule has 5 nitrogen and oxygen atoms in total. The number of carbonyl (C=O) groups excluding carboxylic acids is 2. The van der Waals surface area contributed by atoms with E-state index in [1.54, 1.807) is 0 Å². The second-order valence-electron chi connectivity index (χ2n) is 14.4.